The van der Waals surface area contributed by atoms with E-state index in [-0.39, 0.29) is 5.69 Å². The van der Waals surface area contributed by atoms with Crippen molar-refractivity contribution >= 4 is 28.5 Å². The van der Waals surface area contributed by atoms with Gasteiger partial charge < -0.3 is 9.30 Å². The van der Waals surface area contributed by atoms with Gasteiger partial charge in [-0.25, -0.2) is 0 Å². The second kappa shape index (κ2) is 9.13. The van der Waals surface area contributed by atoms with Crippen molar-refractivity contribution in [3.63, 3.8) is 0 Å². The number of nitrogens with one attached hydrogen (secondary N) is 1. The molecule has 0 amide bonds. The van der Waals surface area contributed by atoms with Crippen molar-refractivity contribution < 1.29 is 9.66 Å². The van der Waals surface area contributed by atoms with E-state index in [9.17, 15) is 10.1 Å². The molecule has 0 saturated heterocycles. The molecular weight excluding hydrogens is 392 g/mol. The van der Waals surface area contributed by atoms with Crippen molar-refractivity contribution in [1.82, 2.24) is 4.57 Å². The first-order valence-corrected chi connectivity index (χ1v) is 9.91. The van der Waals surface area contributed by atoms with Crippen molar-refractivity contribution in [2.75, 3.05) is 12.0 Å². The number of anilines is 1. The van der Waals surface area contributed by atoms with Gasteiger partial charge in [-0.15, -0.1) is 0 Å². The van der Waals surface area contributed by atoms with Gasteiger partial charge in [-0.2, -0.15) is 5.10 Å². The molecule has 1 heterocycles. The predicted octanol–water partition coefficient (Wildman–Crippen LogP) is 5.38. The van der Waals surface area contributed by atoms with E-state index in [0.29, 0.717) is 18.8 Å². The summed E-state index contributed by atoms with van der Waals surface area (Å²) in [6.45, 7) is 3.30. The fourth-order valence-corrected chi connectivity index (χ4v) is 3.37. The highest BCUT2D eigenvalue weighted by Crippen LogP contribution is 2.21. The lowest BCUT2D eigenvalue weighted by molar-refractivity contribution is -0.384. The van der Waals surface area contributed by atoms with Crippen LogP contribution in [-0.2, 0) is 6.54 Å². The molecule has 4 aromatic rings. The Morgan fingerprint density at radius 1 is 1.06 bits per heavy atom. The zero-order valence-electron chi connectivity index (χ0n) is 17.1. The average molecular weight is 414 g/mol. The molecule has 0 aliphatic rings. The summed E-state index contributed by atoms with van der Waals surface area (Å²) in [6, 6.07) is 22.3. The van der Waals surface area contributed by atoms with Crippen LogP contribution in [0, 0.1) is 17.0 Å². The second-order valence-electron chi connectivity index (χ2n) is 7.08. The Kier molecular flexibility index (Phi) is 5.93. The van der Waals surface area contributed by atoms with Gasteiger partial charge in [-0.05, 0) is 36.8 Å². The zero-order chi connectivity index (χ0) is 21.6. The number of non-ortho nitro benzene ring substituents is 1. The van der Waals surface area contributed by atoms with Gasteiger partial charge in [0, 0.05) is 34.8 Å². The molecule has 1 N–H and O–H groups in total. The van der Waals surface area contributed by atoms with Crippen molar-refractivity contribution in [3.8, 4) is 5.75 Å². The number of fused-ring (bicyclic) bond motifs is 1. The van der Waals surface area contributed by atoms with Gasteiger partial charge in [0.25, 0.3) is 5.69 Å². The number of aromatic nitrogens is 1. The third kappa shape index (κ3) is 4.72. The van der Waals surface area contributed by atoms with Crippen LogP contribution in [0.4, 0.5) is 11.4 Å². The van der Waals surface area contributed by atoms with Crippen LogP contribution in [0.3, 0.4) is 0 Å². The van der Waals surface area contributed by atoms with E-state index in [1.165, 1.54) is 12.1 Å². The second-order valence-corrected chi connectivity index (χ2v) is 7.08. The third-order valence-electron chi connectivity index (χ3n) is 4.98. The number of para-hydroxylation sites is 2. The summed E-state index contributed by atoms with van der Waals surface area (Å²) >= 11 is 0. The van der Waals surface area contributed by atoms with Crippen LogP contribution >= 0.6 is 0 Å². The molecule has 3 aromatic carbocycles. The van der Waals surface area contributed by atoms with Crippen LogP contribution in [0.25, 0.3) is 10.9 Å². The minimum Gasteiger partial charge on any atom is -0.491 e. The van der Waals surface area contributed by atoms with Crippen LogP contribution in [-0.4, -0.2) is 22.3 Å². The molecule has 0 fully saturated rings. The van der Waals surface area contributed by atoms with Crippen LogP contribution in [0.15, 0.2) is 84.1 Å². The summed E-state index contributed by atoms with van der Waals surface area (Å²) < 4.78 is 8.10. The summed E-state index contributed by atoms with van der Waals surface area (Å²) in [5.41, 5.74) is 6.83. The Hall–Kier alpha value is -4.13. The monoisotopic (exact) mass is 414 g/mol. The number of rotatable bonds is 8. The quantitative estimate of drug-likeness (QED) is 0.238. The number of nitrogens with zero attached hydrogens (tertiary/aromatic N) is 3. The predicted molar refractivity (Wildman–Crippen MR) is 123 cm³/mol. The average Bonchev–Trinajstić information content (AvgIpc) is 3.13. The van der Waals surface area contributed by atoms with Gasteiger partial charge in [-0.3, -0.25) is 15.5 Å². The maximum absolute atomic E-state index is 10.8. The lowest BCUT2D eigenvalue weighted by Crippen LogP contribution is -2.07. The fourth-order valence-electron chi connectivity index (χ4n) is 3.37. The largest absolute Gasteiger partial charge is 0.491 e. The Morgan fingerprint density at radius 2 is 1.81 bits per heavy atom. The number of nitro groups is 1. The van der Waals surface area contributed by atoms with E-state index < -0.39 is 4.92 Å². The van der Waals surface area contributed by atoms with E-state index in [4.69, 9.17) is 4.74 Å². The molecule has 7 nitrogen and oxygen atoms in total. The highest BCUT2D eigenvalue weighted by molar-refractivity contribution is 5.99. The number of ether oxygens (including phenoxy) is 1. The molecule has 0 atom stereocenters. The van der Waals surface area contributed by atoms with Gasteiger partial charge >= 0.3 is 0 Å². The summed E-state index contributed by atoms with van der Waals surface area (Å²) in [4.78, 5) is 10.3. The Bertz CT molecular complexity index is 1230. The number of hydrogen-bond donors (Lipinski definition) is 1. The minimum atomic E-state index is -0.426. The molecule has 0 aliphatic carbocycles. The maximum Gasteiger partial charge on any atom is 0.269 e. The highest BCUT2D eigenvalue weighted by Gasteiger charge is 2.07. The number of aryl methyl sites for hydroxylation is 1. The van der Waals surface area contributed by atoms with Crippen LogP contribution in [0.5, 0.6) is 5.75 Å². The van der Waals surface area contributed by atoms with Crippen LogP contribution in [0.2, 0.25) is 0 Å². The topological polar surface area (TPSA) is 81.7 Å². The molecule has 0 saturated carbocycles. The Labute approximate surface area is 179 Å². The zero-order valence-corrected chi connectivity index (χ0v) is 17.1. The van der Waals surface area contributed by atoms with Crippen molar-refractivity contribution in [1.29, 1.82) is 0 Å². The van der Waals surface area contributed by atoms with E-state index in [1.807, 2.05) is 49.5 Å². The van der Waals surface area contributed by atoms with Crippen molar-refractivity contribution in [2.45, 2.75) is 13.5 Å². The SMILES string of the molecule is Cc1ccccc1OCCn1cc(/C=N\Nc2ccc([N+](=O)[O-])cc2)c2ccccc21. The first kappa shape index (κ1) is 20.2. The molecule has 4 rings (SSSR count). The van der Waals surface area contributed by atoms with E-state index in [2.05, 4.69) is 27.2 Å². The normalized spacial score (nSPS) is 11.1. The van der Waals surface area contributed by atoms with E-state index in [0.717, 1.165) is 27.8 Å². The molecule has 0 spiro atoms. The maximum atomic E-state index is 10.8. The van der Waals surface area contributed by atoms with Gasteiger partial charge in [0.15, 0.2) is 0 Å². The Balaban J connectivity index is 1.46. The molecule has 0 bridgehead atoms. The lowest BCUT2D eigenvalue weighted by Gasteiger charge is -2.10. The standard InChI is InChI=1S/C24H22N4O3/c1-18-6-2-5-9-24(18)31-15-14-27-17-19(22-7-3-4-8-23(22)27)16-25-26-20-10-12-21(13-11-20)28(29)30/h2-13,16-17,26H,14-15H2,1H3/b25-16-. The molecule has 0 radical (unpaired) electrons. The van der Waals surface area contributed by atoms with E-state index >= 15 is 0 Å². The molecule has 31 heavy (non-hydrogen) atoms. The van der Waals surface area contributed by atoms with Crippen molar-refractivity contribution in [2.24, 2.45) is 5.10 Å². The summed E-state index contributed by atoms with van der Waals surface area (Å²) in [5.74, 6) is 0.896. The number of nitro benzene ring substituents is 1. The number of hydrogen-bond acceptors (Lipinski definition) is 5. The van der Waals surface area contributed by atoms with Crippen molar-refractivity contribution in [3.05, 3.63) is 100 Å². The van der Waals surface area contributed by atoms with Crippen LogP contribution < -0.4 is 10.2 Å². The summed E-state index contributed by atoms with van der Waals surface area (Å²) in [7, 11) is 0. The molecule has 0 aliphatic heterocycles. The van der Waals surface area contributed by atoms with Gasteiger partial charge in [0.05, 0.1) is 23.4 Å². The minimum absolute atomic E-state index is 0.0468. The highest BCUT2D eigenvalue weighted by atomic mass is 16.6. The lowest BCUT2D eigenvalue weighted by atomic mass is 10.2. The first-order chi connectivity index (χ1) is 15.1. The van der Waals surface area contributed by atoms with Gasteiger partial charge in [0.2, 0.25) is 0 Å². The Morgan fingerprint density at radius 3 is 2.58 bits per heavy atom. The molecule has 0 unspecified atom stereocenters. The van der Waals surface area contributed by atoms with Gasteiger partial charge in [0.1, 0.15) is 12.4 Å². The smallest absolute Gasteiger partial charge is 0.269 e. The van der Waals surface area contributed by atoms with Gasteiger partial charge in [-0.1, -0.05) is 36.4 Å². The number of hydrazone groups is 1. The fraction of sp³-hybridized carbons (Fsp3) is 0.125. The molecule has 7 heteroatoms. The molecular formula is C24H22N4O3. The first-order valence-electron chi connectivity index (χ1n) is 9.91. The molecule has 156 valence electrons. The third-order valence-corrected chi connectivity index (χ3v) is 4.98. The number of benzene rings is 3. The van der Waals surface area contributed by atoms with E-state index in [1.54, 1.807) is 18.3 Å². The summed E-state index contributed by atoms with van der Waals surface area (Å²) in [5, 5.41) is 16.1. The summed E-state index contributed by atoms with van der Waals surface area (Å²) in [6.07, 6.45) is 3.80. The van der Waals surface area contributed by atoms with Crippen LogP contribution in [0.1, 0.15) is 11.1 Å². The molecule has 1 aromatic heterocycles.